The second-order valence-electron chi connectivity index (χ2n) is 6.70. The van der Waals surface area contributed by atoms with Crippen molar-refractivity contribution in [3.8, 4) is 17.3 Å². The normalized spacial score (nSPS) is 16.5. The number of pyridine rings is 1. The molecule has 27 heavy (non-hydrogen) atoms. The highest BCUT2D eigenvalue weighted by atomic mass is 16.5. The molecule has 0 spiro atoms. The van der Waals surface area contributed by atoms with Crippen molar-refractivity contribution < 1.29 is 4.74 Å². The van der Waals surface area contributed by atoms with Gasteiger partial charge in [-0.05, 0) is 37.5 Å². The van der Waals surface area contributed by atoms with Crippen molar-refractivity contribution >= 4 is 5.82 Å². The summed E-state index contributed by atoms with van der Waals surface area (Å²) in [6, 6.07) is 16.5. The molecule has 5 heteroatoms. The van der Waals surface area contributed by atoms with Crippen LogP contribution >= 0.6 is 0 Å². The third-order valence-corrected chi connectivity index (χ3v) is 5.07. The van der Waals surface area contributed by atoms with Crippen LogP contribution in [0.15, 0.2) is 54.7 Å². The van der Waals surface area contributed by atoms with E-state index in [0.717, 1.165) is 48.8 Å². The van der Waals surface area contributed by atoms with Crippen LogP contribution in [0.2, 0.25) is 0 Å². The summed E-state index contributed by atoms with van der Waals surface area (Å²) in [5.41, 5.74) is 3.06. The summed E-state index contributed by atoms with van der Waals surface area (Å²) >= 11 is 0. The number of hydrogen-bond acceptors (Lipinski definition) is 5. The van der Waals surface area contributed by atoms with Crippen LogP contribution in [0.4, 0.5) is 5.82 Å². The van der Waals surface area contributed by atoms with Crippen molar-refractivity contribution in [2.75, 3.05) is 18.6 Å². The summed E-state index contributed by atoms with van der Waals surface area (Å²) in [6.07, 6.45) is 4.87. The summed E-state index contributed by atoms with van der Waals surface area (Å²) < 4.78 is 5.61. The minimum Gasteiger partial charge on any atom is -0.496 e. The monoisotopic (exact) mass is 360 g/mol. The van der Waals surface area contributed by atoms with Gasteiger partial charge in [-0.2, -0.15) is 0 Å². The fraction of sp³-hybridized carbons (Fsp3) is 0.318. The number of ether oxygens (including phenoxy) is 1. The quantitative estimate of drug-likeness (QED) is 0.673. The average molecular weight is 360 g/mol. The van der Waals surface area contributed by atoms with Crippen molar-refractivity contribution in [2.24, 2.45) is 0 Å². The van der Waals surface area contributed by atoms with E-state index in [9.17, 15) is 0 Å². The molecule has 0 bridgehead atoms. The standard InChI is InChI=1S/C22H24N4O/c1-3-16-15-21(25-22(24-16)18-10-6-7-13-23-18)26-14-8-11-19(26)17-9-4-5-12-20(17)27-2/h4-7,9-10,12-13,15,19H,3,8,11,14H2,1-2H3. The largest absolute Gasteiger partial charge is 0.496 e. The Kier molecular flexibility index (Phi) is 5.01. The molecule has 0 aliphatic carbocycles. The summed E-state index contributed by atoms with van der Waals surface area (Å²) in [7, 11) is 1.73. The molecule has 1 aliphatic heterocycles. The third kappa shape index (κ3) is 3.50. The molecule has 1 fully saturated rings. The zero-order chi connectivity index (χ0) is 18.6. The van der Waals surface area contributed by atoms with Crippen LogP contribution in [0.25, 0.3) is 11.5 Å². The minimum absolute atomic E-state index is 0.261. The van der Waals surface area contributed by atoms with E-state index in [1.807, 2.05) is 30.3 Å². The van der Waals surface area contributed by atoms with E-state index in [4.69, 9.17) is 14.7 Å². The first-order chi connectivity index (χ1) is 13.3. The molecular weight excluding hydrogens is 336 g/mol. The van der Waals surface area contributed by atoms with E-state index in [1.54, 1.807) is 13.3 Å². The van der Waals surface area contributed by atoms with Crippen LogP contribution in [0.1, 0.15) is 37.1 Å². The maximum atomic E-state index is 5.61. The van der Waals surface area contributed by atoms with Gasteiger partial charge in [-0.1, -0.05) is 31.2 Å². The molecule has 1 saturated heterocycles. The molecule has 2 aromatic heterocycles. The predicted molar refractivity (Wildman–Crippen MR) is 107 cm³/mol. The van der Waals surface area contributed by atoms with E-state index in [2.05, 4.69) is 35.0 Å². The maximum absolute atomic E-state index is 5.61. The number of benzene rings is 1. The van der Waals surface area contributed by atoms with Crippen LogP contribution in [-0.2, 0) is 6.42 Å². The molecule has 3 heterocycles. The summed E-state index contributed by atoms with van der Waals surface area (Å²) in [5.74, 6) is 2.59. The molecule has 0 amide bonds. The maximum Gasteiger partial charge on any atom is 0.180 e. The number of aryl methyl sites for hydroxylation is 1. The van der Waals surface area contributed by atoms with Crippen LogP contribution in [0.5, 0.6) is 5.75 Å². The van der Waals surface area contributed by atoms with Crippen molar-refractivity contribution in [3.63, 3.8) is 0 Å². The number of methoxy groups -OCH3 is 1. The van der Waals surface area contributed by atoms with Gasteiger partial charge in [0.05, 0.1) is 13.2 Å². The highest BCUT2D eigenvalue weighted by molar-refractivity contribution is 5.55. The number of rotatable bonds is 5. The summed E-state index contributed by atoms with van der Waals surface area (Å²) in [5, 5.41) is 0. The van der Waals surface area contributed by atoms with Gasteiger partial charge in [-0.25, -0.2) is 9.97 Å². The van der Waals surface area contributed by atoms with E-state index >= 15 is 0 Å². The smallest absolute Gasteiger partial charge is 0.180 e. The van der Waals surface area contributed by atoms with Gasteiger partial charge in [-0.3, -0.25) is 4.98 Å². The SMILES string of the molecule is CCc1cc(N2CCCC2c2ccccc2OC)nc(-c2ccccn2)n1. The van der Waals surface area contributed by atoms with Gasteiger partial charge in [0.25, 0.3) is 0 Å². The first-order valence-corrected chi connectivity index (χ1v) is 9.49. The molecule has 3 aromatic rings. The number of aromatic nitrogens is 3. The van der Waals surface area contributed by atoms with Crippen LogP contribution in [0.3, 0.4) is 0 Å². The third-order valence-electron chi connectivity index (χ3n) is 5.07. The summed E-state index contributed by atoms with van der Waals surface area (Å²) in [4.78, 5) is 16.4. The van der Waals surface area contributed by atoms with Gasteiger partial charge >= 0.3 is 0 Å². The van der Waals surface area contributed by atoms with Crippen molar-refractivity contribution in [1.29, 1.82) is 0 Å². The Labute approximate surface area is 160 Å². The molecule has 0 radical (unpaired) electrons. The highest BCUT2D eigenvalue weighted by Gasteiger charge is 2.29. The Morgan fingerprint density at radius 2 is 1.96 bits per heavy atom. The van der Waals surface area contributed by atoms with Gasteiger partial charge < -0.3 is 9.64 Å². The first-order valence-electron chi connectivity index (χ1n) is 9.49. The molecule has 138 valence electrons. The molecule has 1 atom stereocenters. The van der Waals surface area contributed by atoms with Gasteiger partial charge in [0.15, 0.2) is 5.82 Å². The van der Waals surface area contributed by atoms with Gasteiger partial charge in [-0.15, -0.1) is 0 Å². The predicted octanol–water partition coefficient (Wildman–Crippen LogP) is 4.45. The Hall–Kier alpha value is -2.95. The van der Waals surface area contributed by atoms with E-state index < -0.39 is 0 Å². The van der Waals surface area contributed by atoms with Gasteiger partial charge in [0.1, 0.15) is 17.3 Å². The Balaban J connectivity index is 1.75. The molecule has 0 saturated carbocycles. The highest BCUT2D eigenvalue weighted by Crippen LogP contribution is 2.39. The van der Waals surface area contributed by atoms with E-state index in [1.165, 1.54) is 5.56 Å². The lowest BCUT2D eigenvalue weighted by molar-refractivity contribution is 0.405. The molecular formula is C22H24N4O. The van der Waals surface area contributed by atoms with E-state index in [-0.39, 0.29) is 6.04 Å². The lowest BCUT2D eigenvalue weighted by Gasteiger charge is -2.27. The number of hydrogen-bond donors (Lipinski definition) is 0. The molecule has 0 N–H and O–H groups in total. The lowest BCUT2D eigenvalue weighted by atomic mass is 10.0. The lowest BCUT2D eigenvalue weighted by Crippen LogP contribution is -2.24. The topological polar surface area (TPSA) is 51.1 Å². The fourth-order valence-corrected chi connectivity index (χ4v) is 3.73. The first kappa shape index (κ1) is 17.5. The zero-order valence-electron chi connectivity index (χ0n) is 15.8. The zero-order valence-corrected chi connectivity index (χ0v) is 15.8. The number of anilines is 1. The molecule has 1 aromatic carbocycles. The molecule has 1 unspecified atom stereocenters. The van der Waals surface area contributed by atoms with E-state index in [0.29, 0.717) is 5.82 Å². The Morgan fingerprint density at radius 3 is 2.74 bits per heavy atom. The van der Waals surface area contributed by atoms with Gasteiger partial charge in [0.2, 0.25) is 0 Å². The second kappa shape index (κ2) is 7.74. The van der Waals surface area contributed by atoms with Crippen molar-refractivity contribution in [3.05, 3.63) is 66.0 Å². The minimum atomic E-state index is 0.261. The van der Waals surface area contributed by atoms with Crippen LogP contribution in [-0.4, -0.2) is 28.6 Å². The second-order valence-corrected chi connectivity index (χ2v) is 6.70. The Morgan fingerprint density at radius 1 is 1.11 bits per heavy atom. The Bertz CT molecular complexity index is 913. The summed E-state index contributed by atoms with van der Waals surface area (Å²) in [6.45, 7) is 3.10. The van der Waals surface area contributed by atoms with Crippen LogP contribution < -0.4 is 9.64 Å². The average Bonchev–Trinajstić information content (AvgIpc) is 3.23. The molecule has 1 aliphatic rings. The number of para-hydroxylation sites is 1. The van der Waals surface area contributed by atoms with Crippen molar-refractivity contribution in [1.82, 2.24) is 15.0 Å². The van der Waals surface area contributed by atoms with Crippen LogP contribution in [0, 0.1) is 0 Å². The molecule has 5 nitrogen and oxygen atoms in total. The fourth-order valence-electron chi connectivity index (χ4n) is 3.73. The van der Waals surface area contributed by atoms with Gasteiger partial charge in [0, 0.05) is 30.1 Å². The van der Waals surface area contributed by atoms with Crippen molar-refractivity contribution in [2.45, 2.75) is 32.2 Å². The number of nitrogens with zero attached hydrogens (tertiary/aromatic N) is 4. The molecule has 4 rings (SSSR count).